The topological polar surface area (TPSA) is 71.3 Å². The van der Waals surface area contributed by atoms with Crippen molar-refractivity contribution in [1.82, 2.24) is 15.1 Å². The average Bonchev–Trinajstić information content (AvgIpc) is 3.14. The van der Waals surface area contributed by atoms with Gasteiger partial charge in [0.25, 0.3) is 0 Å². The zero-order chi connectivity index (χ0) is 19.4. The monoisotopic (exact) mass is 390 g/mol. The number of aryl methyl sites for hydroxylation is 1. The van der Waals surface area contributed by atoms with Crippen molar-refractivity contribution in [3.8, 4) is 0 Å². The molecule has 1 aromatic heterocycles. The van der Waals surface area contributed by atoms with E-state index in [1.54, 1.807) is 0 Å². The first kappa shape index (κ1) is 19.7. The fourth-order valence-corrected chi connectivity index (χ4v) is 3.59. The van der Waals surface area contributed by atoms with Crippen molar-refractivity contribution in [2.24, 2.45) is 5.92 Å². The molecule has 1 unspecified atom stereocenters. The Bertz CT molecular complexity index is 752. The lowest BCUT2D eigenvalue weighted by Crippen LogP contribution is -2.48. The fraction of sp³-hybridized carbons (Fsp3) is 0.550. The number of anilines is 1. The molecule has 1 aliphatic heterocycles. The largest absolute Gasteiger partial charge is 0.408 e. The van der Waals surface area contributed by atoms with Crippen LogP contribution in [0.5, 0.6) is 0 Å². The van der Waals surface area contributed by atoms with Gasteiger partial charge < -0.3 is 14.6 Å². The number of nitrogens with one attached hydrogen (secondary N) is 1. The second kappa shape index (κ2) is 8.74. The highest BCUT2D eigenvalue weighted by Crippen LogP contribution is 2.29. The molecule has 1 fully saturated rings. The van der Waals surface area contributed by atoms with Crippen LogP contribution < -0.4 is 5.32 Å². The zero-order valence-corrected chi connectivity index (χ0v) is 16.9. The Morgan fingerprint density at radius 1 is 1.26 bits per heavy atom. The molecule has 1 atom stereocenters. The predicted molar refractivity (Wildman–Crippen MR) is 106 cm³/mol. The first-order valence-electron chi connectivity index (χ1n) is 9.61. The summed E-state index contributed by atoms with van der Waals surface area (Å²) in [7, 11) is 0. The maximum Gasteiger partial charge on any atom is 0.316 e. The summed E-state index contributed by atoms with van der Waals surface area (Å²) in [6.45, 7) is 7.50. The van der Waals surface area contributed by atoms with Crippen molar-refractivity contribution in [2.75, 3.05) is 18.4 Å². The van der Waals surface area contributed by atoms with Crippen LogP contribution in [0.4, 0.5) is 6.01 Å². The molecular weight excluding hydrogens is 364 g/mol. The van der Waals surface area contributed by atoms with Gasteiger partial charge in [-0.25, -0.2) is 0 Å². The molecular formula is C20H27ClN4O2. The molecule has 1 aromatic carbocycles. The van der Waals surface area contributed by atoms with E-state index in [0.717, 1.165) is 31.0 Å². The van der Waals surface area contributed by atoms with Crippen LogP contribution in [-0.2, 0) is 11.2 Å². The van der Waals surface area contributed by atoms with Crippen molar-refractivity contribution >= 4 is 23.5 Å². The molecule has 0 radical (unpaired) electrons. The lowest BCUT2D eigenvalue weighted by Gasteiger charge is -2.35. The number of hydrogen-bond donors (Lipinski definition) is 1. The maximum atomic E-state index is 13.1. The van der Waals surface area contributed by atoms with E-state index in [1.165, 1.54) is 5.56 Å². The van der Waals surface area contributed by atoms with Gasteiger partial charge in [0, 0.05) is 24.5 Å². The van der Waals surface area contributed by atoms with Crippen LogP contribution >= 0.6 is 11.6 Å². The SMILES string of the molecule is CCc1nnc(NC(C(=O)N2CCC(c3ccc(Cl)cc3)CC2)C(C)C)o1. The molecule has 0 spiro atoms. The first-order valence-corrected chi connectivity index (χ1v) is 9.99. The second-order valence-corrected chi connectivity index (χ2v) is 7.81. The van der Waals surface area contributed by atoms with Crippen LogP contribution in [0, 0.1) is 5.92 Å². The molecule has 2 heterocycles. The molecule has 27 heavy (non-hydrogen) atoms. The Labute approximate surface area is 165 Å². The van der Waals surface area contributed by atoms with Gasteiger partial charge in [-0.2, -0.15) is 0 Å². The van der Waals surface area contributed by atoms with E-state index in [2.05, 4.69) is 27.6 Å². The summed E-state index contributed by atoms with van der Waals surface area (Å²) in [5.74, 6) is 1.25. The van der Waals surface area contributed by atoms with Crippen molar-refractivity contribution in [3.05, 3.63) is 40.7 Å². The molecule has 1 saturated heterocycles. The first-order chi connectivity index (χ1) is 13.0. The van der Waals surface area contributed by atoms with Gasteiger partial charge in [-0.3, -0.25) is 4.79 Å². The number of rotatable bonds is 6. The lowest BCUT2D eigenvalue weighted by molar-refractivity contribution is -0.134. The number of likely N-dealkylation sites (tertiary alicyclic amines) is 1. The van der Waals surface area contributed by atoms with Crippen molar-refractivity contribution in [1.29, 1.82) is 0 Å². The summed E-state index contributed by atoms with van der Waals surface area (Å²) in [5.41, 5.74) is 1.29. The highest BCUT2D eigenvalue weighted by molar-refractivity contribution is 6.30. The summed E-state index contributed by atoms with van der Waals surface area (Å²) >= 11 is 5.98. The van der Waals surface area contributed by atoms with Gasteiger partial charge in [0.15, 0.2) is 0 Å². The summed E-state index contributed by atoms with van der Waals surface area (Å²) in [6, 6.07) is 7.98. The number of carbonyl (C=O) groups excluding carboxylic acids is 1. The van der Waals surface area contributed by atoms with Gasteiger partial charge >= 0.3 is 6.01 Å². The van der Waals surface area contributed by atoms with Crippen LogP contribution in [0.15, 0.2) is 28.7 Å². The van der Waals surface area contributed by atoms with Crippen LogP contribution in [0.25, 0.3) is 0 Å². The zero-order valence-electron chi connectivity index (χ0n) is 16.1. The Morgan fingerprint density at radius 3 is 2.48 bits per heavy atom. The average molecular weight is 391 g/mol. The maximum absolute atomic E-state index is 13.1. The van der Waals surface area contributed by atoms with Gasteiger partial charge in [-0.05, 0) is 42.4 Å². The van der Waals surface area contributed by atoms with Crippen LogP contribution in [0.1, 0.15) is 51.0 Å². The smallest absolute Gasteiger partial charge is 0.316 e. The number of piperidine rings is 1. The van der Waals surface area contributed by atoms with Crippen molar-refractivity contribution in [3.63, 3.8) is 0 Å². The van der Waals surface area contributed by atoms with Gasteiger partial charge in [0.1, 0.15) is 6.04 Å². The van der Waals surface area contributed by atoms with E-state index in [9.17, 15) is 4.79 Å². The number of carbonyl (C=O) groups is 1. The molecule has 3 rings (SSSR count). The minimum absolute atomic E-state index is 0.0933. The third kappa shape index (κ3) is 4.80. The molecule has 7 heteroatoms. The van der Waals surface area contributed by atoms with Gasteiger partial charge in [-0.15, -0.1) is 5.10 Å². The Balaban J connectivity index is 1.61. The molecule has 0 saturated carbocycles. The normalized spacial score (nSPS) is 16.6. The number of amides is 1. The van der Waals surface area contributed by atoms with Crippen LogP contribution in [0.3, 0.4) is 0 Å². The summed E-state index contributed by atoms with van der Waals surface area (Å²) in [5, 5.41) is 11.8. The van der Waals surface area contributed by atoms with E-state index < -0.39 is 0 Å². The van der Waals surface area contributed by atoms with Crippen LogP contribution in [-0.4, -0.2) is 40.1 Å². The van der Waals surface area contributed by atoms with Gasteiger partial charge in [0.2, 0.25) is 11.8 Å². The van der Waals surface area contributed by atoms with E-state index in [1.807, 2.05) is 37.8 Å². The summed E-state index contributed by atoms with van der Waals surface area (Å²) in [4.78, 5) is 15.0. The van der Waals surface area contributed by atoms with Gasteiger partial charge in [0.05, 0.1) is 0 Å². The van der Waals surface area contributed by atoms with Gasteiger partial charge in [-0.1, -0.05) is 49.6 Å². The Kier molecular flexibility index (Phi) is 6.37. The molecule has 6 nitrogen and oxygen atoms in total. The van der Waals surface area contributed by atoms with Crippen molar-refractivity contribution < 1.29 is 9.21 Å². The quantitative estimate of drug-likeness (QED) is 0.802. The fourth-order valence-electron chi connectivity index (χ4n) is 3.47. The standard InChI is InChI=1S/C20H27ClN4O2/c1-4-17-23-24-20(27-17)22-18(13(2)3)19(26)25-11-9-15(10-12-25)14-5-7-16(21)8-6-14/h5-8,13,15,18H,4,9-12H2,1-3H3,(H,22,24). The van der Waals surface area contributed by atoms with E-state index >= 15 is 0 Å². The number of nitrogens with zero attached hydrogens (tertiary/aromatic N) is 3. The second-order valence-electron chi connectivity index (χ2n) is 7.37. The molecule has 146 valence electrons. The number of halogens is 1. The molecule has 0 bridgehead atoms. The predicted octanol–water partition coefficient (Wildman–Crippen LogP) is 4.13. The molecule has 1 N–H and O–H groups in total. The number of benzene rings is 1. The third-order valence-electron chi connectivity index (χ3n) is 5.13. The van der Waals surface area contributed by atoms with Crippen LogP contribution in [0.2, 0.25) is 5.02 Å². The minimum atomic E-state index is -0.373. The molecule has 0 aliphatic carbocycles. The van der Waals surface area contributed by atoms with E-state index in [4.69, 9.17) is 16.0 Å². The van der Waals surface area contributed by atoms with Crippen molar-refractivity contribution in [2.45, 2.75) is 52.0 Å². The number of hydrogen-bond acceptors (Lipinski definition) is 5. The lowest BCUT2D eigenvalue weighted by atomic mass is 9.89. The molecule has 1 aliphatic rings. The summed E-state index contributed by atoms with van der Waals surface area (Å²) < 4.78 is 5.52. The minimum Gasteiger partial charge on any atom is -0.408 e. The molecule has 1 amide bonds. The highest BCUT2D eigenvalue weighted by atomic mass is 35.5. The Morgan fingerprint density at radius 2 is 1.93 bits per heavy atom. The molecule has 2 aromatic rings. The Hall–Kier alpha value is -2.08. The van der Waals surface area contributed by atoms with E-state index in [0.29, 0.717) is 24.2 Å². The summed E-state index contributed by atoms with van der Waals surface area (Å²) in [6.07, 6.45) is 2.59. The highest BCUT2D eigenvalue weighted by Gasteiger charge is 2.31. The van der Waals surface area contributed by atoms with E-state index in [-0.39, 0.29) is 17.9 Å². The third-order valence-corrected chi connectivity index (χ3v) is 5.38. The number of aromatic nitrogens is 2.